The summed E-state index contributed by atoms with van der Waals surface area (Å²) < 4.78 is 1.69. The molecule has 0 aliphatic carbocycles. The molecular formula is C20H17N7O. The molecule has 0 radical (unpaired) electrons. The monoisotopic (exact) mass is 371 g/mol. The van der Waals surface area contributed by atoms with Gasteiger partial charge in [0, 0.05) is 35.1 Å². The number of anilines is 2. The van der Waals surface area contributed by atoms with Crippen molar-refractivity contribution in [1.29, 1.82) is 0 Å². The minimum absolute atomic E-state index is 0.275. The number of aromatic nitrogens is 6. The highest BCUT2D eigenvalue weighted by Gasteiger charge is 2.20. The maximum atomic E-state index is 11.1. The summed E-state index contributed by atoms with van der Waals surface area (Å²) in [6, 6.07) is 15.2. The molecule has 5 aromatic rings. The average molecular weight is 371 g/mol. The van der Waals surface area contributed by atoms with Crippen LogP contribution in [0.25, 0.3) is 16.4 Å². The number of hydrogen-bond donors (Lipinski definition) is 3. The molecular weight excluding hydrogens is 354 g/mol. The van der Waals surface area contributed by atoms with Crippen LogP contribution in [0.1, 0.15) is 23.2 Å². The van der Waals surface area contributed by atoms with Crippen molar-refractivity contribution < 1.29 is 5.11 Å². The number of aliphatic hydroxyl groups excluding tert-OH is 1. The third-order valence-corrected chi connectivity index (χ3v) is 4.56. The predicted octanol–water partition coefficient (Wildman–Crippen LogP) is 3.13. The molecule has 0 spiro atoms. The largest absolute Gasteiger partial charge is 0.380 e. The molecule has 0 amide bonds. The van der Waals surface area contributed by atoms with E-state index in [1.807, 2.05) is 61.7 Å². The molecule has 0 aliphatic rings. The Hall–Kier alpha value is -3.78. The molecule has 0 bridgehead atoms. The third kappa shape index (κ3) is 2.76. The molecule has 3 N–H and O–H groups in total. The molecule has 28 heavy (non-hydrogen) atoms. The second-order valence-corrected chi connectivity index (χ2v) is 6.54. The molecule has 4 heterocycles. The fraction of sp³-hybridized carbons (Fsp3) is 0.100. The van der Waals surface area contributed by atoms with Crippen molar-refractivity contribution in [3.05, 3.63) is 78.0 Å². The number of aromatic amines is 1. The Kier molecular flexibility index (Phi) is 3.77. The topological polar surface area (TPSA) is 104 Å². The summed E-state index contributed by atoms with van der Waals surface area (Å²) >= 11 is 0. The van der Waals surface area contributed by atoms with Gasteiger partial charge in [-0.3, -0.25) is 10.1 Å². The van der Waals surface area contributed by atoms with Gasteiger partial charge in [0.25, 0.3) is 0 Å². The van der Waals surface area contributed by atoms with E-state index < -0.39 is 6.10 Å². The Morgan fingerprint density at radius 2 is 2.04 bits per heavy atom. The van der Waals surface area contributed by atoms with Crippen molar-refractivity contribution >= 4 is 28.1 Å². The van der Waals surface area contributed by atoms with E-state index in [1.54, 1.807) is 10.7 Å². The zero-order chi connectivity index (χ0) is 19.1. The van der Waals surface area contributed by atoms with Gasteiger partial charge in [-0.15, -0.1) is 5.10 Å². The maximum absolute atomic E-state index is 11.1. The van der Waals surface area contributed by atoms with Gasteiger partial charge < -0.3 is 10.4 Å². The number of nitrogens with one attached hydrogen (secondary N) is 2. The van der Waals surface area contributed by atoms with Crippen LogP contribution in [-0.2, 0) is 0 Å². The number of fused-ring (bicyclic) bond motifs is 2. The van der Waals surface area contributed by atoms with E-state index in [-0.39, 0.29) is 5.82 Å². The smallest absolute Gasteiger partial charge is 0.184 e. The summed E-state index contributed by atoms with van der Waals surface area (Å²) in [6.45, 7) is 1.92. The number of benzene rings is 1. The number of pyridine rings is 1. The highest BCUT2D eigenvalue weighted by Crippen LogP contribution is 2.28. The highest BCUT2D eigenvalue weighted by molar-refractivity contribution is 5.82. The molecule has 138 valence electrons. The molecule has 0 fully saturated rings. The Labute approximate surface area is 159 Å². The van der Waals surface area contributed by atoms with Crippen LogP contribution in [0, 0.1) is 6.92 Å². The molecule has 0 aliphatic heterocycles. The van der Waals surface area contributed by atoms with E-state index in [9.17, 15) is 5.11 Å². The molecule has 4 aromatic heterocycles. The first-order valence-corrected chi connectivity index (χ1v) is 8.85. The molecule has 1 atom stereocenters. The van der Waals surface area contributed by atoms with Crippen LogP contribution in [0.5, 0.6) is 0 Å². The summed E-state index contributed by atoms with van der Waals surface area (Å²) in [6.07, 6.45) is 2.50. The first kappa shape index (κ1) is 16.4. The minimum Gasteiger partial charge on any atom is -0.380 e. The molecule has 0 saturated heterocycles. The van der Waals surface area contributed by atoms with Gasteiger partial charge in [0.2, 0.25) is 0 Å². The number of aryl methyl sites for hydroxylation is 1. The van der Waals surface area contributed by atoms with Crippen LogP contribution in [0.2, 0.25) is 0 Å². The molecule has 0 saturated carbocycles. The lowest BCUT2D eigenvalue weighted by Gasteiger charge is -2.14. The fourth-order valence-corrected chi connectivity index (χ4v) is 3.25. The van der Waals surface area contributed by atoms with Gasteiger partial charge >= 0.3 is 0 Å². The zero-order valence-corrected chi connectivity index (χ0v) is 15.0. The van der Waals surface area contributed by atoms with Crippen molar-refractivity contribution in [3.8, 4) is 0 Å². The van der Waals surface area contributed by atoms with E-state index in [1.165, 1.54) is 0 Å². The molecule has 1 aromatic carbocycles. The van der Waals surface area contributed by atoms with Gasteiger partial charge in [-0.2, -0.15) is 5.10 Å². The summed E-state index contributed by atoms with van der Waals surface area (Å²) in [5.74, 6) is 1.48. The Balaban J connectivity index is 1.62. The van der Waals surface area contributed by atoms with Gasteiger partial charge in [-0.1, -0.05) is 24.3 Å². The SMILES string of the molecule is Cc1cc(Nc2nc(C(O)c3cccc4cccnc34)nn3cccc23)n[nH]1. The van der Waals surface area contributed by atoms with Crippen LogP contribution in [-0.4, -0.2) is 34.9 Å². The fourth-order valence-electron chi connectivity index (χ4n) is 3.25. The second-order valence-electron chi connectivity index (χ2n) is 6.54. The summed E-state index contributed by atoms with van der Waals surface area (Å²) in [5, 5.41) is 26.8. The second kappa shape index (κ2) is 6.43. The van der Waals surface area contributed by atoms with E-state index >= 15 is 0 Å². The average Bonchev–Trinajstić information content (AvgIpc) is 3.35. The van der Waals surface area contributed by atoms with Gasteiger partial charge in [-0.25, -0.2) is 9.50 Å². The van der Waals surface area contributed by atoms with Gasteiger partial charge in [0.05, 0.1) is 5.52 Å². The lowest BCUT2D eigenvalue weighted by molar-refractivity contribution is 0.209. The molecule has 8 heteroatoms. The maximum Gasteiger partial charge on any atom is 0.184 e. The van der Waals surface area contributed by atoms with Crippen LogP contribution in [0.3, 0.4) is 0 Å². The van der Waals surface area contributed by atoms with Crippen molar-refractivity contribution in [2.75, 3.05) is 5.32 Å². The van der Waals surface area contributed by atoms with Crippen LogP contribution >= 0.6 is 0 Å². The zero-order valence-electron chi connectivity index (χ0n) is 15.0. The van der Waals surface area contributed by atoms with E-state index in [0.29, 0.717) is 17.2 Å². The lowest BCUT2D eigenvalue weighted by atomic mass is 10.0. The number of nitrogens with zero attached hydrogens (tertiary/aromatic N) is 5. The van der Waals surface area contributed by atoms with Crippen molar-refractivity contribution in [3.63, 3.8) is 0 Å². The molecule has 1 unspecified atom stereocenters. The molecule has 5 rings (SSSR count). The van der Waals surface area contributed by atoms with Gasteiger partial charge in [-0.05, 0) is 25.1 Å². The van der Waals surface area contributed by atoms with Crippen molar-refractivity contribution in [1.82, 2.24) is 29.8 Å². The van der Waals surface area contributed by atoms with E-state index in [4.69, 9.17) is 0 Å². The highest BCUT2D eigenvalue weighted by atomic mass is 16.3. The predicted molar refractivity (Wildman–Crippen MR) is 105 cm³/mol. The first-order valence-electron chi connectivity index (χ1n) is 8.85. The standard InChI is InChI=1S/C20H17N7O/c1-12-11-16(25-24-12)22-19-15-8-4-10-27(15)26-20(23-19)18(28)14-7-2-5-13-6-3-9-21-17(13)14/h2-11,18,28H,1H3,(H2,22,23,24,25,26). The number of para-hydroxylation sites is 1. The summed E-state index contributed by atoms with van der Waals surface area (Å²) in [4.78, 5) is 9.01. The Morgan fingerprint density at radius 3 is 2.89 bits per heavy atom. The van der Waals surface area contributed by atoms with E-state index in [0.717, 1.165) is 22.1 Å². The third-order valence-electron chi connectivity index (χ3n) is 4.56. The minimum atomic E-state index is -1.02. The normalized spacial score (nSPS) is 12.5. The quantitative estimate of drug-likeness (QED) is 0.448. The van der Waals surface area contributed by atoms with Crippen molar-refractivity contribution in [2.45, 2.75) is 13.0 Å². The number of aliphatic hydroxyl groups is 1. The lowest BCUT2D eigenvalue weighted by Crippen LogP contribution is -2.11. The Bertz CT molecular complexity index is 1280. The Morgan fingerprint density at radius 1 is 1.14 bits per heavy atom. The first-order chi connectivity index (χ1) is 13.7. The number of hydrogen-bond acceptors (Lipinski definition) is 6. The van der Waals surface area contributed by atoms with Crippen molar-refractivity contribution in [2.24, 2.45) is 0 Å². The number of rotatable bonds is 4. The van der Waals surface area contributed by atoms with Crippen LogP contribution in [0.15, 0.2) is 60.9 Å². The van der Waals surface area contributed by atoms with Gasteiger partial charge in [0.15, 0.2) is 17.5 Å². The summed E-state index contributed by atoms with van der Waals surface area (Å²) in [7, 11) is 0. The molecule has 8 nitrogen and oxygen atoms in total. The summed E-state index contributed by atoms with van der Waals surface area (Å²) in [5.41, 5.74) is 3.11. The van der Waals surface area contributed by atoms with Gasteiger partial charge in [0.1, 0.15) is 11.6 Å². The van der Waals surface area contributed by atoms with E-state index in [2.05, 4.69) is 30.6 Å². The number of H-pyrrole nitrogens is 1. The van der Waals surface area contributed by atoms with Crippen LogP contribution in [0.4, 0.5) is 11.6 Å². The van der Waals surface area contributed by atoms with Crippen LogP contribution < -0.4 is 5.32 Å².